The van der Waals surface area contributed by atoms with Gasteiger partial charge in [0, 0.05) is 4.88 Å². The quantitative estimate of drug-likeness (QED) is 0.835. The minimum absolute atomic E-state index is 0.0862. The molecule has 0 radical (unpaired) electrons. The number of primary amides is 1. The topological polar surface area (TPSA) is 64.4 Å². The van der Waals surface area contributed by atoms with Crippen LogP contribution in [-0.2, 0) is 16.1 Å². The smallest absolute Gasteiger partial charge is 0.245 e. The van der Waals surface area contributed by atoms with Crippen molar-refractivity contribution in [1.82, 2.24) is 5.48 Å². The van der Waals surface area contributed by atoms with E-state index in [0.29, 0.717) is 0 Å². The van der Waals surface area contributed by atoms with Gasteiger partial charge >= 0.3 is 0 Å². The summed E-state index contributed by atoms with van der Waals surface area (Å²) >= 11 is 5.25. The second-order valence-corrected chi connectivity index (χ2v) is 6.26. The summed E-state index contributed by atoms with van der Waals surface area (Å²) in [6, 6.07) is 2.29. The summed E-state index contributed by atoms with van der Waals surface area (Å²) in [4.78, 5) is 17.0. The van der Waals surface area contributed by atoms with Crippen molar-refractivity contribution in [3.8, 4) is 0 Å². The standard InChI is InChI=1S/C10H13BrN2O2S/c11-9-4-6-7(13-15-5-10(12)14)2-1-3-8(6)16-9/h4,7,13H,1-3,5H2,(H2,12,14). The Morgan fingerprint density at radius 3 is 3.31 bits per heavy atom. The second kappa shape index (κ2) is 5.27. The Labute approximate surface area is 106 Å². The van der Waals surface area contributed by atoms with Crippen LogP contribution < -0.4 is 11.2 Å². The molecule has 1 atom stereocenters. The first-order valence-electron chi connectivity index (χ1n) is 5.10. The molecule has 0 fully saturated rings. The van der Waals surface area contributed by atoms with Gasteiger partial charge in [-0.2, -0.15) is 5.48 Å². The average Bonchev–Trinajstić information content (AvgIpc) is 2.58. The molecule has 88 valence electrons. The van der Waals surface area contributed by atoms with Crippen molar-refractivity contribution < 1.29 is 9.63 Å². The molecule has 0 spiro atoms. The summed E-state index contributed by atoms with van der Waals surface area (Å²) in [6.07, 6.45) is 3.28. The summed E-state index contributed by atoms with van der Waals surface area (Å²) < 4.78 is 1.14. The molecule has 1 aromatic rings. The maximum absolute atomic E-state index is 10.5. The lowest BCUT2D eigenvalue weighted by atomic mass is 9.95. The van der Waals surface area contributed by atoms with Crippen molar-refractivity contribution in [1.29, 1.82) is 0 Å². The molecular weight excluding hydrogens is 292 g/mol. The van der Waals surface area contributed by atoms with Gasteiger partial charge in [0.25, 0.3) is 0 Å². The Balaban J connectivity index is 1.98. The summed E-state index contributed by atoms with van der Waals surface area (Å²) in [5.74, 6) is -0.463. The highest BCUT2D eigenvalue weighted by Crippen LogP contribution is 2.37. The summed E-state index contributed by atoms with van der Waals surface area (Å²) in [6.45, 7) is -0.0862. The summed E-state index contributed by atoms with van der Waals surface area (Å²) in [5.41, 5.74) is 9.18. The fraction of sp³-hybridized carbons (Fsp3) is 0.500. The molecule has 4 nitrogen and oxygen atoms in total. The fourth-order valence-corrected chi connectivity index (χ4v) is 3.68. The molecule has 0 saturated carbocycles. The van der Waals surface area contributed by atoms with E-state index in [0.717, 1.165) is 23.0 Å². The van der Waals surface area contributed by atoms with Gasteiger partial charge in [0.05, 0.1) is 9.83 Å². The Morgan fingerprint density at radius 2 is 2.56 bits per heavy atom. The highest BCUT2D eigenvalue weighted by Gasteiger charge is 2.22. The SMILES string of the molecule is NC(=O)CONC1CCCc2sc(Br)cc21. The van der Waals surface area contributed by atoms with E-state index in [2.05, 4.69) is 27.5 Å². The maximum Gasteiger partial charge on any atom is 0.245 e. The maximum atomic E-state index is 10.5. The first kappa shape index (κ1) is 12.0. The number of carbonyl (C=O) groups is 1. The zero-order valence-electron chi connectivity index (χ0n) is 8.66. The number of thiophene rings is 1. The van der Waals surface area contributed by atoms with Crippen LogP contribution in [0.1, 0.15) is 29.3 Å². The van der Waals surface area contributed by atoms with Gasteiger partial charge in [-0.15, -0.1) is 11.3 Å². The predicted molar refractivity (Wildman–Crippen MR) is 66.0 cm³/mol. The van der Waals surface area contributed by atoms with Crippen molar-refractivity contribution in [2.45, 2.75) is 25.3 Å². The third-order valence-electron chi connectivity index (χ3n) is 2.52. The number of nitrogens with one attached hydrogen (secondary N) is 1. The van der Waals surface area contributed by atoms with Crippen LogP contribution in [0.3, 0.4) is 0 Å². The lowest BCUT2D eigenvalue weighted by Gasteiger charge is -2.22. The van der Waals surface area contributed by atoms with Crippen molar-refractivity contribution in [2.24, 2.45) is 5.73 Å². The van der Waals surface area contributed by atoms with Gasteiger partial charge in [-0.3, -0.25) is 9.63 Å². The van der Waals surface area contributed by atoms with Crippen molar-refractivity contribution in [3.05, 3.63) is 20.3 Å². The van der Waals surface area contributed by atoms with E-state index < -0.39 is 5.91 Å². The van der Waals surface area contributed by atoms with Crippen LogP contribution in [0.2, 0.25) is 0 Å². The Bertz CT molecular complexity index is 394. The van der Waals surface area contributed by atoms with Crippen molar-refractivity contribution >= 4 is 33.2 Å². The molecule has 16 heavy (non-hydrogen) atoms. The fourth-order valence-electron chi connectivity index (χ4n) is 1.86. The predicted octanol–water partition coefficient (Wildman–Crippen LogP) is 1.89. The number of hydrogen-bond donors (Lipinski definition) is 2. The van der Waals surface area contributed by atoms with Crippen LogP contribution in [0, 0.1) is 0 Å². The number of nitrogens with two attached hydrogens (primary N) is 1. The highest BCUT2D eigenvalue weighted by molar-refractivity contribution is 9.11. The molecule has 1 unspecified atom stereocenters. The van der Waals surface area contributed by atoms with Crippen LogP contribution in [-0.4, -0.2) is 12.5 Å². The lowest BCUT2D eigenvalue weighted by Crippen LogP contribution is -2.29. The van der Waals surface area contributed by atoms with Crippen LogP contribution in [0.4, 0.5) is 0 Å². The van der Waals surface area contributed by atoms with E-state index in [1.807, 2.05) is 0 Å². The van der Waals surface area contributed by atoms with Gasteiger partial charge in [-0.25, -0.2) is 0 Å². The number of fused-ring (bicyclic) bond motifs is 1. The van der Waals surface area contributed by atoms with Crippen molar-refractivity contribution in [3.63, 3.8) is 0 Å². The molecule has 0 aromatic carbocycles. The molecule has 0 saturated heterocycles. The molecule has 1 amide bonds. The van der Waals surface area contributed by atoms with Gasteiger partial charge in [-0.05, 0) is 46.8 Å². The van der Waals surface area contributed by atoms with E-state index in [9.17, 15) is 4.79 Å². The number of hydrogen-bond acceptors (Lipinski definition) is 4. The van der Waals surface area contributed by atoms with Gasteiger partial charge < -0.3 is 5.73 Å². The molecular formula is C10H13BrN2O2S. The highest BCUT2D eigenvalue weighted by atomic mass is 79.9. The molecule has 1 aromatic heterocycles. The number of carbonyl (C=O) groups excluding carboxylic acids is 1. The first-order chi connectivity index (χ1) is 7.66. The molecule has 0 bridgehead atoms. The van der Waals surface area contributed by atoms with Gasteiger partial charge in [0.1, 0.15) is 6.61 Å². The van der Waals surface area contributed by atoms with E-state index in [1.165, 1.54) is 10.4 Å². The second-order valence-electron chi connectivity index (χ2n) is 3.75. The van der Waals surface area contributed by atoms with E-state index in [-0.39, 0.29) is 12.6 Å². The largest absolute Gasteiger partial charge is 0.368 e. The van der Waals surface area contributed by atoms with Gasteiger partial charge in [0.15, 0.2) is 0 Å². The first-order valence-corrected chi connectivity index (χ1v) is 6.71. The van der Waals surface area contributed by atoms with E-state index in [4.69, 9.17) is 10.6 Å². The van der Waals surface area contributed by atoms with E-state index in [1.54, 1.807) is 11.3 Å². The monoisotopic (exact) mass is 304 g/mol. The molecule has 6 heteroatoms. The van der Waals surface area contributed by atoms with Crippen molar-refractivity contribution in [2.75, 3.05) is 6.61 Å². The van der Waals surface area contributed by atoms with E-state index >= 15 is 0 Å². The average molecular weight is 305 g/mol. The Hall–Kier alpha value is -0.430. The minimum Gasteiger partial charge on any atom is -0.368 e. The van der Waals surface area contributed by atoms with Crippen LogP contribution >= 0.6 is 27.3 Å². The number of amides is 1. The number of hydroxylamine groups is 1. The molecule has 0 aliphatic heterocycles. The summed E-state index contributed by atoms with van der Waals surface area (Å²) in [7, 11) is 0. The zero-order chi connectivity index (χ0) is 11.5. The Morgan fingerprint density at radius 1 is 1.75 bits per heavy atom. The Kier molecular flexibility index (Phi) is 3.96. The van der Waals surface area contributed by atoms with Crippen LogP contribution in [0.25, 0.3) is 0 Å². The third kappa shape index (κ3) is 2.82. The number of halogens is 1. The van der Waals surface area contributed by atoms with Crippen LogP contribution in [0.15, 0.2) is 9.85 Å². The van der Waals surface area contributed by atoms with Gasteiger partial charge in [-0.1, -0.05) is 0 Å². The lowest BCUT2D eigenvalue weighted by molar-refractivity contribution is -0.126. The molecule has 1 heterocycles. The number of rotatable bonds is 4. The minimum atomic E-state index is -0.463. The third-order valence-corrected chi connectivity index (χ3v) is 4.24. The number of aryl methyl sites for hydroxylation is 1. The molecule has 3 N–H and O–H groups in total. The molecule has 1 aliphatic rings. The molecule has 1 aliphatic carbocycles. The van der Waals surface area contributed by atoms with Crippen LogP contribution in [0.5, 0.6) is 0 Å². The normalized spacial score (nSPS) is 19.4. The summed E-state index contributed by atoms with van der Waals surface area (Å²) in [5, 5.41) is 0. The molecule has 2 rings (SSSR count). The van der Waals surface area contributed by atoms with Gasteiger partial charge in [0.2, 0.25) is 5.91 Å². The zero-order valence-corrected chi connectivity index (χ0v) is 11.1.